The van der Waals surface area contributed by atoms with Gasteiger partial charge < -0.3 is 4.74 Å². The molecule has 27 heavy (non-hydrogen) atoms. The first-order valence-corrected chi connectivity index (χ1v) is 8.96. The molecule has 1 amide bonds. The summed E-state index contributed by atoms with van der Waals surface area (Å²) in [7, 11) is 1.59. The molecule has 0 radical (unpaired) electrons. The van der Waals surface area contributed by atoms with E-state index in [0.717, 1.165) is 34.8 Å². The third-order valence-corrected chi connectivity index (χ3v) is 5.42. The Labute approximate surface area is 158 Å². The zero-order chi connectivity index (χ0) is 19.2. The van der Waals surface area contributed by atoms with Gasteiger partial charge in [0.1, 0.15) is 11.6 Å². The maximum atomic E-state index is 13.3. The van der Waals surface area contributed by atoms with E-state index in [1.165, 1.54) is 0 Å². The summed E-state index contributed by atoms with van der Waals surface area (Å²) in [5.74, 6) is 1.55. The van der Waals surface area contributed by atoms with E-state index in [-0.39, 0.29) is 11.8 Å². The number of hydrogen-bond acceptors (Lipinski definition) is 5. The minimum Gasteiger partial charge on any atom is -0.495 e. The lowest BCUT2D eigenvalue weighted by Gasteiger charge is -2.26. The van der Waals surface area contributed by atoms with Crippen molar-refractivity contribution in [2.45, 2.75) is 27.2 Å². The number of rotatable bonds is 3. The second-order valence-electron chi connectivity index (χ2n) is 7.48. The van der Waals surface area contributed by atoms with Gasteiger partial charge in [-0.1, -0.05) is 19.9 Å². The van der Waals surface area contributed by atoms with Crippen LogP contribution in [0.5, 0.6) is 5.75 Å². The van der Waals surface area contributed by atoms with E-state index >= 15 is 0 Å². The van der Waals surface area contributed by atoms with Crippen molar-refractivity contribution in [1.29, 1.82) is 0 Å². The zero-order valence-electron chi connectivity index (χ0n) is 15.9. The highest BCUT2D eigenvalue weighted by molar-refractivity contribution is 6.05. The largest absolute Gasteiger partial charge is 0.495 e. The molecule has 6 heteroatoms. The summed E-state index contributed by atoms with van der Waals surface area (Å²) >= 11 is 0. The maximum Gasteiger partial charge on any atom is 0.237 e. The van der Waals surface area contributed by atoms with Crippen molar-refractivity contribution in [1.82, 2.24) is 15.0 Å². The van der Waals surface area contributed by atoms with Crippen molar-refractivity contribution >= 4 is 17.2 Å². The molecular weight excluding hydrogens is 340 g/mol. The lowest BCUT2D eigenvalue weighted by molar-refractivity contribution is -0.125. The molecule has 1 unspecified atom stereocenters. The summed E-state index contributed by atoms with van der Waals surface area (Å²) in [5.41, 5.74) is 3.21. The number of methoxy groups -OCH3 is 1. The number of ether oxygens (including phenoxy) is 1. The van der Waals surface area contributed by atoms with Crippen LogP contribution in [0.2, 0.25) is 0 Å². The highest BCUT2D eigenvalue weighted by Crippen LogP contribution is 2.50. The van der Waals surface area contributed by atoms with Gasteiger partial charge in [0, 0.05) is 35.6 Å². The van der Waals surface area contributed by atoms with Crippen molar-refractivity contribution in [3.8, 4) is 5.75 Å². The number of aromatic nitrogens is 3. The molecule has 0 N–H and O–H groups in total. The fourth-order valence-corrected chi connectivity index (χ4v) is 3.77. The lowest BCUT2D eigenvalue weighted by Crippen LogP contribution is -2.31. The summed E-state index contributed by atoms with van der Waals surface area (Å²) in [5, 5.41) is 0. The van der Waals surface area contributed by atoms with Crippen LogP contribution in [0.1, 0.15) is 31.7 Å². The Morgan fingerprint density at radius 1 is 1.19 bits per heavy atom. The van der Waals surface area contributed by atoms with Crippen LogP contribution >= 0.6 is 0 Å². The molecule has 2 aliphatic rings. The van der Waals surface area contributed by atoms with Crippen molar-refractivity contribution in [3.63, 3.8) is 0 Å². The first-order chi connectivity index (χ1) is 12.9. The van der Waals surface area contributed by atoms with Crippen molar-refractivity contribution in [2.75, 3.05) is 12.0 Å². The zero-order valence-corrected chi connectivity index (χ0v) is 15.9. The average Bonchev–Trinajstić information content (AvgIpc) is 2.88. The fourth-order valence-electron chi connectivity index (χ4n) is 3.77. The second kappa shape index (κ2) is 6.30. The van der Waals surface area contributed by atoms with Crippen LogP contribution in [0.15, 0.2) is 48.7 Å². The first kappa shape index (κ1) is 17.4. The molecule has 1 fully saturated rings. The van der Waals surface area contributed by atoms with E-state index < -0.39 is 5.41 Å². The van der Waals surface area contributed by atoms with Crippen molar-refractivity contribution in [2.24, 2.45) is 11.3 Å². The van der Waals surface area contributed by atoms with Gasteiger partial charge in [0.2, 0.25) is 5.91 Å². The molecule has 138 valence electrons. The van der Waals surface area contributed by atoms with Gasteiger partial charge in [-0.25, -0.2) is 9.97 Å². The third kappa shape index (κ3) is 2.81. The maximum absolute atomic E-state index is 13.3. The molecule has 6 nitrogen and oxygen atoms in total. The van der Waals surface area contributed by atoms with E-state index in [9.17, 15) is 4.79 Å². The Bertz CT molecular complexity index is 960. The van der Waals surface area contributed by atoms with Gasteiger partial charge in [0.25, 0.3) is 0 Å². The predicted molar refractivity (Wildman–Crippen MR) is 103 cm³/mol. The minimum atomic E-state index is -0.485. The van der Waals surface area contributed by atoms with Gasteiger partial charge in [-0.2, -0.15) is 0 Å². The molecular formula is C21H22N4O2. The lowest BCUT2D eigenvalue weighted by atomic mass is 9.75. The van der Waals surface area contributed by atoms with Gasteiger partial charge in [-0.15, -0.1) is 0 Å². The third-order valence-electron chi connectivity index (χ3n) is 5.42. The molecule has 2 aromatic heterocycles. The number of anilines is 1. The van der Waals surface area contributed by atoms with E-state index in [4.69, 9.17) is 4.74 Å². The Kier molecular flexibility index (Phi) is 4.06. The quantitative estimate of drug-likeness (QED) is 0.835. The van der Waals surface area contributed by atoms with E-state index in [1.807, 2.05) is 39.2 Å². The van der Waals surface area contributed by atoms with Gasteiger partial charge in [-0.3, -0.25) is 14.7 Å². The molecule has 1 atom stereocenters. The molecule has 1 saturated heterocycles. The molecule has 3 heterocycles. The number of aryl methyl sites for hydroxylation is 1. The number of fused-ring (bicyclic) bond motifs is 1. The van der Waals surface area contributed by atoms with E-state index in [0.29, 0.717) is 5.75 Å². The number of hydrogen-bond donors (Lipinski definition) is 0. The molecule has 4 rings (SSSR count). The first-order valence-electron chi connectivity index (χ1n) is 8.96. The van der Waals surface area contributed by atoms with E-state index in [2.05, 4.69) is 27.1 Å². The topological polar surface area (TPSA) is 68.2 Å². The monoisotopic (exact) mass is 362 g/mol. The highest BCUT2D eigenvalue weighted by atomic mass is 16.5. The Morgan fingerprint density at radius 3 is 2.63 bits per heavy atom. The minimum absolute atomic E-state index is 0.0728. The van der Waals surface area contributed by atoms with Crippen molar-refractivity contribution in [3.05, 3.63) is 60.1 Å². The fraction of sp³-hybridized carbons (Fsp3) is 0.333. The Balaban J connectivity index is 1.80. The number of carbonyl (C=O) groups excluding carboxylic acids is 1. The average molecular weight is 362 g/mol. The Morgan fingerprint density at radius 2 is 1.93 bits per heavy atom. The predicted octanol–water partition coefficient (Wildman–Crippen LogP) is 3.55. The van der Waals surface area contributed by atoms with Gasteiger partial charge in [0.15, 0.2) is 0 Å². The van der Waals surface area contributed by atoms with Crippen LogP contribution in [0, 0.1) is 18.3 Å². The smallest absolute Gasteiger partial charge is 0.237 e. The molecule has 1 aliphatic carbocycles. The van der Waals surface area contributed by atoms with Crippen LogP contribution in [0.3, 0.4) is 0 Å². The number of amides is 1. The van der Waals surface area contributed by atoms with Crippen LogP contribution in [-0.4, -0.2) is 28.0 Å². The highest BCUT2D eigenvalue weighted by Gasteiger charge is 2.51. The Hall–Kier alpha value is -3.02. The van der Waals surface area contributed by atoms with Crippen LogP contribution < -0.4 is 9.64 Å². The summed E-state index contributed by atoms with van der Waals surface area (Å²) in [4.78, 5) is 27.8. The normalized spacial score (nSPS) is 20.8. The van der Waals surface area contributed by atoms with Gasteiger partial charge in [-0.05, 0) is 25.0 Å². The van der Waals surface area contributed by atoms with Crippen LogP contribution in [0.4, 0.5) is 5.69 Å². The summed E-state index contributed by atoms with van der Waals surface area (Å²) in [6, 6.07) is 1.84. The van der Waals surface area contributed by atoms with E-state index in [1.54, 1.807) is 24.4 Å². The molecule has 1 aliphatic heterocycles. The summed E-state index contributed by atoms with van der Waals surface area (Å²) < 4.78 is 5.29. The molecule has 0 saturated carbocycles. The number of allylic oxidation sites excluding steroid dienone is 4. The summed E-state index contributed by atoms with van der Waals surface area (Å²) in [6.07, 6.45) is 12.0. The van der Waals surface area contributed by atoms with Crippen LogP contribution in [0.25, 0.3) is 5.57 Å². The molecule has 0 spiro atoms. The number of carbonyl (C=O) groups is 1. The number of pyridine rings is 1. The number of nitrogens with zero attached hydrogens (tertiary/aromatic N) is 4. The summed E-state index contributed by atoms with van der Waals surface area (Å²) in [6.45, 7) is 5.88. The second-order valence-corrected chi connectivity index (χ2v) is 7.48. The van der Waals surface area contributed by atoms with Crippen LogP contribution in [-0.2, 0) is 4.79 Å². The molecule has 0 aromatic carbocycles. The van der Waals surface area contributed by atoms with Gasteiger partial charge >= 0.3 is 0 Å². The molecule has 0 bridgehead atoms. The van der Waals surface area contributed by atoms with Crippen molar-refractivity contribution < 1.29 is 9.53 Å². The standard InChI is InChI=1S/C21H22N4O2/c1-13-23-9-15(10-24-13)14-5-6-18-19(7-14)25(20(26)21(18,2)3)16-8-17(27-4)12-22-11-16/h5,7-12,18H,6H2,1-4H3. The SMILES string of the molecule is COc1cncc(N2C(=O)C(C)(C)C3CC=C(c4cnc(C)nc4)C=C32)c1. The molecule has 2 aromatic rings. The van der Waals surface area contributed by atoms with Gasteiger partial charge in [0.05, 0.1) is 30.6 Å².